The fourth-order valence-corrected chi connectivity index (χ4v) is 1.32. The van der Waals surface area contributed by atoms with Gasteiger partial charge in [-0.2, -0.15) is 0 Å². The van der Waals surface area contributed by atoms with E-state index in [0.717, 1.165) is 13.0 Å². The van der Waals surface area contributed by atoms with Crippen LogP contribution in [0, 0.1) is 0 Å². The molecule has 2 amide bonds. The van der Waals surface area contributed by atoms with Gasteiger partial charge in [0, 0.05) is 20.6 Å². The highest BCUT2D eigenvalue weighted by Gasteiger charge is 2.14. The molecule has 0 heterocycles. The molecule has 0 aliphatic rings. The number of carbonyl (C=O) groups is 2. The zero-order valence-electron chi connectivity index (χ0n) is 10.7. The lowest BCUT2D eigenvalue weighted by Gasteiger charge is -2.22. The summed E-state index contributed by atoms with van der Waals surface area (Å²) < 4.78 is 0. The van der Waals surface area contributed by atoms with Gasteiger partial charge in [-0.15, -0.1) is 0 Å². The first kappa shape index (κ1) is 14.9. The van der Waals surface area contributed by atoms with Gasteiger partial charge in [-0.1, -0.05) is 6.92 Å². The van der Waals surface area contributed by atoms with Gasteiger partial charge in [-0.25, -0.2) is 0 Å². The molecule has 0 bridgehead atoms. The maximum atomic E-state index is 11.5. The lowest BCUT2D eigenvalue weighted by atomic mass is 10.3. The van der Waals surface area contributed by atoms with Crippen LogP contribution in [0.3, 0.4) is 0 Å². The van der Waals surface area contributed by atoms with E-state index in [1.165, 1.54) is 0 Å². The Bertz CT molecular complexity index is 229. The van der Waals surface area contributed by atoms with Crippen LogP contribution in [0.15, 0.2) is 0 Å². The number of likely N-dealkylation sites (N-methyl/N-ethyl adjacent to an activating group) is 2. The molecule has 0 aliphatic heterocycles. The smallest absolute Gasteiger partial charge is 0.236 e. The Morgan fingerprint density at radius 3 is 2.19 bits per heavy atom. The minimum Gasteiger partial charge on any atom is -0.355 e. The largest absolute Gasteiger partial charge is 0.355 e. The Morgan fingerprint density at radius 1 is 1.12 bits per heavy atom. The van der Waals surface area contributed by atoms with Crippen molar-refractivity contribution in [2.75, 3.05) is 40.3 Å². The van der Waals surface area contributed by atoms with Crippen molar-refractivity contribution in [3.05, 3.63) is 0 Å². The first-order chi connectivity index (χ1) is 7.51. The van der Waals surface area contributed by atoms with Crippen molar-refractivity contribution in [2.24, 2.45) is 0 Å². The van der Waals surface area contributed by atoms with Crippen LogP contribution in [0.25, 0.3) is 0 Å². The number of nitrogens with one attached hydrogen (secondary N) is 1. The zero-order chi connectivity index (χ0) is 12.6. The van der Waals surface area contributed by atoms with Gasteiger partial charge < -0.3 is 10.2 Å². The molecule has 16 heavy (non-hydrogen) atoms. The van der Waals surface area contributed by atoms with Crippen molar-refractivity contribution in [1.82, 2.24) is 15.1 Å². The molecule has 5 heteroatoms. The molecule has 94 valence electrons. The molecular weight excluding hydrogens is 206 g/mol. The van der Waals surface area contributed by atoms with Gasteiger partial charge in [0.2, 0.25) is 11.8 Å². The molecule has 1 N–H and O–H groups in total. The summed E-state index contributed by atoms with van der Waals surface area (Å²) in [6.07, 6.45) is 0.931. The van der Waals surface area contributed by atoms with Gasteiger partial charge in [0.25, 0.3) is 0 Å². The van der Waals surface area contributed by atoms with E-state index in [-0.39, 0.29) is 11.8 Å². The molecule has 0 aromatic rings. The minimum absolute atomic E-state index is 0.0255. The zero-order valence-corrected chi connectivity index (χ0v) is 10.7. The summed E-state index contributed by atoms with van der Waals surface area (Å²) >= 11 is 0. The Labute approximate surface area is 97.8 Å². The van der Waals surface area contributed by atoms with Crippen molar-refractivity contribution in [1.29, 1.82) is 0 Å². The molecule has 0 saturated heterocycles. The van der Waals surface area contributed by atoms with Gasteiger partial charge in [0.15, 0.2) is 0 Å². The standard InChI is InChI=1S/C11H23N3O2/c1-5-7-14(8-10(15)12-6-2)9-11(16)13(3)4/h5-9H2,1-4H3,(H,12,15). The van der Waals surface area contributed by atoms with Crippen LogP contribution in [-0.2, 0) is 9.59 Å². The summed E-state index contributed by atoms with van der Waals surface area (Å²) in [6, 6.07) is 0. The predicted octanol–water partition coefficient (Wildman–Crippen LogP) is -0.0773. The molecule has 0 spiro atoms. The molecule has 0 unspecified atom stereocenters. The van der Waals surface area contributed by atoms with Crippen LogP contribution in [-0.4, -0.2) is 61.9 Å². The quantitative estimate of drug-likeness (QED) is 0.664. The van der Waals surface area contributed by atoms with E-state index < -0.39 is 0 Å². The normalized spacial score (nSPS) is 10.3. The maximum absolute atomic E-state index is 11.5. The number of nitrogens with zero attached hydrogens (tertiary/aromatic N) is 2. The SMILES string of the molecule is CCCN(CC(=O)NCC)CC(=O)N(C)C. The summed E-state index contributed by atoms with van der Waals surface area (Å²) in [7, 11) is 3.44. The monoisotopic (exact) mass is 229 g/mol. The summed E-state index contributed by atoms with van der Waals surface area (Å²) in [4.78, 5) is 26.3. The van der Waals surface area contributed by atoms with Gasteiger partial charge in [-0.3, -0.25) is 14.5 Å². The molecule has 0 atom stereocenters. The number of hydrogen-bond acceptors (Lipinski definition) is 3. The summed E-state index contributed by atoms with van der Waals surface area (Å²) in [5, 5.41) is 2.73. The van der Waals surface area contributed by atoms with E-state index in [9.17, 15) is 9.59 Å². The summed E-state index contributed by atoms with van der Waals surface area (Å²) in [5.41, 5.74) is 0. The molecule has 0 aromatic heterocycles. The van der Waals surface area contributed by atoms with Crippen LogP contribution in [0.5, 0.6) is 0 Å². The second-order valence-corrected chi connectivity index (χ2v) is 3.95. The fraction of sp³-hybridized carbons (Fsp3) is 0.818. The topological polar surface area (TPSA) is 52.7 Å². The van der Waals surface area contributed by atoms with E-state index in [1.54, 1.807) is 19.0 Å². The van der Waals surface area contributed by atoms with E-state index in [4.69, 9.17) is 0 Å². The first-order valence-corrected chi connectivity index (χ1v) is 5.70. The lowest BCUT2D eigenvalue weighted by molar-refractivity contribution is -0.130. The second-order valence-electron chi connectivity index (χ2n) is 3.95. The van der Waals surface area contributed by atoms with Crippen molar-refractivity contribution in [3.63, 3.8) is 0 Å². The number of amides is 2. The molecule has 0 rings (SSSR count). The van der Waals surface area contributed by atoms with Gasteiger partial charge in [0.05, 0.1) is 13.1 Å². The van der Waals surface area contributed by atoms with Crippen LogP contribution in [0.4, 0.5) is 0 Å². The summed E-state index contributed by atoms with van der Waals surface area (Å²) in [6.45, 7) is 5.90. The molecule has 0 radical (unpaired) electrons. The third-order valence-electron chi connectivity index (χ3n) is 2.14. The molecule has 0 fully saturated rings. The first-order valence-electron chi connectivity index (χ1n) is 5.70. The van der Waals surface area contributed by atoms with E-state index in [1.807, 2.05) is 18.7 Å². The van der Waals surface area contributed by atoms with Crippen molar-refractivity contribution in [2.45, 2.75) is 20.3 Å². The molecule has 0 saturated carbocycles. The lowest BCUT2D eigenvalue weighted by Crippen LogP contribution is -2.42. The minimum atomic E-state index is -0.0255. The molecule has 0 aliphatic carbocycles. The van der Waals surface area contributed by atoms with E-state index in [0.29, 0.717) is 19.6 Å². The second kappa shape index (κ2) is 8.10. The van der Waals surface area contributed by atoms with Gasteiger partial charge in [0.1, 0.15) is 0 Å². The Morgan fingerprint density at radius 2 is 1.75 bits per heavy atom. The van der Waals surface area contributed by atoms with Crippen LogP contribution in [0.2, 0.25) is 0 Å². The van der Waals surface area contributed by atoms with Gasteiger partial charge in [-0.05, 0) is 19.9 Å². The van der Waals surface area contributed by atoms with Crippen LogP contribution in [0.1, 0.15) is 20.3 Å². The van der Waals surface area contributed by atoms with Crippen LogP contribution >= 0.6 is 0 Å². The average Bonchev–Trinajstić information content (AvgIpc) is 2.17. The van der Waals surface area contributed by atoms with E-state index in [2.05, 4.69) is 5.32 Å². The number of hydrogen-bond donors (Lipinski definition) is 1. The highest BCUT2D eigenvalue weighted by Crippen LogP contribution is 1.93. The Hall–Kier alpha value is -1.10. The molecular formula is C11H23N3O2. The Balaban J connectivity index is 4.16. The van der Waals surface area contributed by atoms with E-state index >= 15 is 0 Å². The fourth-order valence-electron chi connectivity index (χ4n) is 1.32. The maximum Gasteiger partial charge on any atom is 0.236 e. The van der Waals surface area contributed by atoms with Crippen molar-refractivity contribution >= 4 is 11.8 Å². The average molecular weight is 229 g/mol. The third kappa shape index (κ3) is 6.40. The van der Waals surface area contributed by atoms with Gasteiger partial charge >= 0.3 is 0 Å². The highest BCUT2D eigenvalue weighted by molar-refractivity contribution is 5.80. The van der Waals surface area contributed by atoms with Crippen LogP contribution < -0.4 is 5.32 Å². The van der Waals surface area contributed by atoms with Crippen molar-refractivity contribution < 1.29 is 9.59 Å². The number of rotatable bonds is 7. The molecule has 0 aromatic carbocycles. The number of carbonyl (C=O) groups excluding carboxylic acids is 2. The predicted molar refractivity (Wildman–Crippen MR) is 64.1 cm³/mol. The van der Waals surface area contributed by atoms with Crippen molar-refractivity contribution in [3.8, 4) is 0 Å². The molecule has 5 nitrogen and oxygen atoms in total. The third-order valence-corrected chi connectivity index (χ3v) is 2.14. The highest BCUT2D eigenvalue weighted by atomic mass is 16.2. The Kier molecular flexibility index (Phi) is 7.54. The summed E-state index contributed by atoms with van der Waals surface area (Å²) in [5.74, 6) is 0.000236.